The highest BCUT2D eigenvalue weighted by Gasteiger charge is 2.28. The van der Waals surface area contributed by atoms with Gasteiger partial charge in [-0.3, -0.25) is 4.79 Å². The van der Waals surface area contributed by atoms with E-state index in [9.17, 15) is 25.2 Å². The van der Waals surface area contributed by atoms with Crippen LogP contribution in [0.3, 0.4) is 0 Å². The number of hydrogen-bond donors (Lipinski definition) is 5. The molecule has 0 heterocycles. The summed E-state index contributed by atoms with van der Waals surface area (Å²) < 4.78 is 0. The van der Waals surface area contributed by atoms with Crippen LogP contribution in [0.25, 0.3) is 0 Å². The molecule has 5 N–H and O–H groups in total. The van der Waals surface area contributed by atoms with Crippen LogP contribution in [0, 0.1) is 0 Å². The number of allylic oxidation sites excluding steroid dienone is 2. The van der Waals surface area contributed by atoms with E-state index >= 15 is 0 Å². The van der Waals surface area contributed by atoms with E-state index in [1.165, 1.54) is 308 Å². The highest BCUT2D eigenvalue weighted by atomic mass is 16.3. The minimum Gasteiger partial charge on any atom is -0.394 e. The van der Waals surface area contributed by atoms with E-state index in [1.54, 1.807) is 0 Å². The normalized spacial score (nSPS) is 13.6. The molecule has 0 rings (SSSR count). The summed E-state index contributed by atoms with van der Waals surface area (Å²) in [6.45, 7) is 4.10. The Kier molecular flexibility index (Phi) is 60.1. The van der Waals surface area contributed by atoms with Gasteiger partial charge >= 0.3 is 0 Å². The molecule has 4 unspecified atom stereocenters. The summed E-state index contributed by atoms with van der Waals surface area (Å²) in [5.74, 6) is -0.585. The first-order valence-electron chi connectivity index (χ1n) is 33.1. The lowest BCUT2D eigenvalue weighted by Crippen LogP contribution is -2.53. The highest BCUT2D eigenvalue weighted by molar-refractivity contribution is 5.80. The van der Waals surface area contributed by atoms with Crippen LogP contribution in [0.2, 0.25) is 0 Å². The second-order valence-corrected chi connectivity index (χ2v) is 23.2. The Bertz CT molecular complexity index is 1050. The maximum atomic E-state index is 12.6. The Balaban J connectivity index is 3.56. The Labute approximate surface area is 451 Å². The minimum absolute atomic E-state index is 0.369. The third kappa shape index (κ3) is 53.9. The van der Waals surface area contributed by atoms with Crippen LogP contribution in [0.1, 0.15) is 373 Å². The van der Waals surface area contributed by atoms with E-state index in [0.717, 1.165) is 38.5 Å². The summed E-state index contributed by atoms with van der Waals surface area (Å²) in [6, 6.07) is -1.000. The Hall–Kier alpha value is -0.950. The zero-order valence-electron chi connectivity index (χ0n) is 49.0. The molecular weight excluding hydrogens is 887 g/mol. The fraction of sp³-hybridized carbons (Fsp3) is 0.955. The second kappa shape index (κ2) is 60.9. The number of aliphatic hydroxyl groups excluding tert-OH is 4. The van der Waals surface area contributed by atoms with Crippen LogP contribution >= 0.6 is 0 Å². The summed E-state index contributed by atoms with van der Waals surface area (Å²) in [5, 5.41) is 44.1. The number of aliphatic hydroxyl groups is 4. The fourth-order valence-electron chi connectivity index (χ4n) is 10.8. The van der Waals surface area contributed by atoms with E-state index < -0.39 is 36.9 Å². The first kappa shape index (κ1) is 71.0. The molecule has 0 saturated carbocycles. The molecule has 0 aliphatic heterocycles. The van der Waals surface area contributed by atoms with Gasteiger partial charge in [-0.1, -0.05) is 347 Å². The van der Waals surface area contributed by atoms with Crippen molar-refractivity contribution in [2.45, 2.75) is 398 Å². The number of carbonyl (C=O) groups is 1. The van der Waals surface area contributed by atoms with Gasteiger partial charge in [-0.25, -0.2) is 0 Å². The summed E-state index contributed by atoms with van der Waals surface area (Å²) in [5.41, 5.74) is 0. The van der Waals surface area contributed by atoms with Crippen molar-refractivity contribution < 1.29 is 25.2 Å². The van der Waals surface area contributed by atoms with Crippen LogP contribution in [-0.4, -0.2) is 57.3 Å². The van der Waals surface area contributed by atoms with Gasteiger partial charge in [0.1, 0.15) is 12.2 Å². The van der Waals surface area contributed by atoms with Crippen LogP contribution in [-0.2, 0) is 4.79 Å². The molecule has 0 fully saturated rings. The quantitative estimate of drug-likeness (QED) is 0.0308. The van der Waals surface area contributed by atoms with Crippen LogP contribution in [0.5, 0.6) is 0 Å². The predicted molar refractivity (Wildman–Crippen MR) is 316 cm³/mol. The zero-order chi connectivity index (χ0) is 52.3. The average molecular weight is 1020 g/mol. The Morgan fingerprint density at radius 2 is 0.569 bits per heavy atom. The molecule has 4 atom stereocenters. The van der Waals surface area contributed by atoms with Gasteiger partial charge in [-0.05, 0) is 38.5 Å². The Morgan fingerprint density at radius 1 is 0.333 bits per heavy atom. The van der Waals surface area contributed by atoms with Gasteiger partial charge in [-0.15, -0.1) is 0 Å². The third-order valence-corrected chi connectivity index (χ3v) is 16.0. The minimum atomic E-state index is -1.28. The standard InChI is InChI=1S/C66H131NO5/c1-3-5-7-9-11-13-15-17-19-21-23-25-27-29-30-31-32-33-34-35-36-38-39-41-43-45-47-49-51-53-55-57-59-63(69)65(71)62(61-68)67-66(72)64(70)60-58-56-54-52-50-48-46-44-42-40-37-28-26-24-22-20-18-16-14-12-10-8-6-4-2/h51,53,62-65,68-71H,3-50,52,54-61H2,1-2H3,(H,67,72)/b53-51+. The van der Waals surface area contributed by atoms with E-state index in [0.29, 0.717) is 12.8 Å². The Morgan fingerprint density at radius 3 is 0.833 bits per heavy atom. The van der Waals surface area contributed by atoms with Crippen molar-refractivity contribution in [3.05, 3.63) is 12.2 Å². The summed E-state index contributed by atoms with van der Waals surface area (Å²) >= 11 is 0. The molecule has 0 aromatic rings. The van der Waals surface area contributed by atoms with Gasteiger partial charge in [0.15, 0.2) is 0 Å². The summed E-state index contributed by atoms with van der Waals surface area (Å²) in [6.07, 6.45) is 74.7. The monoisotopic (exact) mass is 1020 g/mol. The second-order valence-electron chi connectivity index (χ2n) is 23.2. The lowest BCUT2D eigenvalue weighted by atomic mass is 10.00. The largest absolute Gasteiger partial charge is 0.394 e. The van der Waals surface area contributed by atoms with E-state index in [4.69, 9.17) is 0 Å². The van der Waals surface area contributed by atoms with Gasteiger partial charge in [0.05, 0.1) is 18.8 Å². The van der Waals surface area contributed by atoms with Gasteiger partial charge in [0.25, 0.3) is 0 Å². The number of amides is 1. The van der Waals surface area contributed by atoms with Crippen LogP contribution < -0.4 is 5.32 Å². The fourth-order valence-corrected chi connectivity index (χ4v) is 10.8. The number of nitrogens with one attached hydrogen (secondary N) is 1. The number of rotatable bonds is 62. The SMILES string of the molecule is CCCCCCCCCCCCCCCCCCCCCCCCCCCCC/C=C/CCCC(O)C(O)C(CO)NC(=O)C(O)CCCCCCCCCCCCCCCCCCCCCCCCCC. The smallest absolute Gasteiger partial charge is 0.249 e. The maximum Gasteiger partial charge on any atom is 0.249 e. The third-order valence-electron chi connectivity index (χ3n) is 16.0. The van der Waals surface area contributed by atoms with Gasteiger partial charge in [0.2, 0.25) is 5.91 Å². The molecule has 0 aromatic heterocycles. The molecule has 0 aromatic carbocycles. The van der Waals surface area contributed by atoms with Gasteiger partial charge in [0, 0.05) is 0 Å². The molecule has 1 amide bonds. The molecule has 0 radical (unpaired) electrons. The van der Waals surface area contributed by atoms with Crippen molar-refractivity contribution >= 4 is 5.91 Å². The lowest BCUT2D eigenvalue weighted by molar-refractivity contribution is -0.132. The molecule has 0 aliphatic rings. The van der Waals surface area contributed by atoms with Crippen molar-refractivity contribution in [3.63, 3.8) is 0 Å². The lowest BCUT2D eigenvalue weighted by Gasteiger charge is -2.27. The molecule has 6 heteroatoms. The topological polar surface area (TPSA) is 110 Å². The molecule has 72 heavy (non-hydrogen) atoms. The van der Waals surface area contributed by atoms with E-state index in [1.807, 2.05) is 0 Å². The van der Waals surface area contributed by atoms with Crippen molar-refractivity contribution in [1.29, 1.82) is 0 Å². The maximum absolute atomic E-state index is 12.6. The number of carbonyl (C=O) groups excluding carboxylic acids is 1. The molecule has 6 nitrogen and oxygen atoms in total. The van der Waals surface area contributed by atoms with Crippen molar-refractivity contribution in [3.8, 4) is 0 Å². The van der Waals surface area contributed by atoms with Crippen molar-refractivity contribution in [2.24, 2.45) is 0 Å². The highest BCUT2D eigenvalue weighted by Crippen LogP contribution is 2.19. The molecule has 0 aliphatic carbocycles. The zero-order valence-corrected chi connectivity index (χ0v) is 49.0. The van der Waals surface area contributed by atoms with Crippen LogP contribution in [0.15, 0.2) is 12.2 Å². The number of hydrogen-bond acceptors (Lipinski definition) is 5. The van der Waals surface area contributed by atoms with Crippen molar-refractivity contribution in [2.75, 3.05) is 6.61 Å². The molecule has 0 bridgehead atoms. The van der Waals surface area contributed by atoms with Crippen LogP contribution in [0.4, 0.5) is 0 Å². The molecule has 430 valence electrons. The number of unbranched alkanes of at least 4 members (excludes halogenated alkanes) is 51. The molecule has 0 spiro atoms. The predicted octanol–water partition coefficient (Wildman–Crippen LogP) is 20.0. The first-order chi connectivity index (χ1) is 35.5. The summed E-state index contributed by atoms with van der Waals surface area (Å²) in [4.78, 5) is 12.6. The van der Waals surface area contributed by atoms with E-state index in [2.05, 4.69) is 31.3 Å². The molecule has 0 saturated heterocycles. The van der Waals surface area contributed by atoms with E-state index in [-0.39, 0.29) is 0 Å². The average Bonchev–Trinajstić information content (AvgIpc) is 3.39. The van der Waals surface area contributed by atoms with Crippen molar-refractivity contribution in [1.82, 2.24) is 5.32 Å². The molecular formula is C66H131NO5. The van der Waals surface area contributed by atoms with Gasteiger partial charge in [-0.2, -0.15) is 0 Å². The first-order valence-corrected chi connectivity index (χ1v) is 33.1. The van der Waals surface area contributed by atoms with Gasteiger partial charge < -0.3 is 25.7 Å². The summed E-state index contributed by atoms with van der Waals surface area (Å²) in [7, 11) is 0.